The fraction of sp³-hybridized carbons (Fsp3) is 0.167. The zero-order valence-corrected chi connectivity index (χ0v) is 21.2. The molecule has 4 rings (SSSR count). The summed E-state index contributed by atoms with van der Waals surface area (Å²) in [5, 5.41) is 10.3. The van der Waals surface area contributed by atoms with Crippen molar-refractivity contribution in [1.82, 2.24) is 20.1 Å². The van der Waals surface area contributed by atoms with Gasteiger partial charge in [-0.3, -0.25) is 9.59 Å². The molecule has 2 amide bonds. The smallest absolute Gasteiger partial charge is 0.350 e. The van der Waals surface area contributed by atoms with Gasteiger partial charge in [-0.25, -0.2) is 9.67 Å². The van der Waals surface area contributed by atoms with Gasteiger partial charge < -0.3 is 10.6 Å². The summed E-state index contributed by atoms with van der Waals surface area (Å²) >= 11 is 9.58. The molecule has 0 aliphatic carbocycles. The number of nitrogens with zero attached hydrogens (tertiary/aromatic N) is 3. The number of carbonyl (C=O) groups is 2. The fourth-order valence-electron chi connectivity index (χ4n) is 3.50. The average Bonchev–Trinajstić information content (AvgIpc) is 3.26. The molecule has 7 nitrogen and oxygen atoms in total. The number of carbonyl (C=O) groups excluding carboxylic acids is 2. The molecule has 0 bridgehead atoms. The SMILES string of the molecule is CC(C)NC(=O)c1cc2ccccc2c(Br)c1NC(=O)c1cc(C(F)(F)F)nn1-c1ncccc1Cl. The van der Waals surface area contributed by atoms with Gasteiger partial charge in [-0.2, -0.15) is 18.3 Å². The lowest BCUT2D eigenvalue weighted by Crippen LogP contribution is -2.31. The van der Waals surface area contributed by atoms with Crippen LogP contribution in [0.1, 0.15) is 40.4 Å². The van der Waals surface area contributed by atoms with E-state index in [1.165, 1.54) is 18.3 Å². The predicted octanol–water partition coefficient (Wildman–Crippen LogP) is 6.25. The second kappa shape index (κ2) is 9.90. The number of anilines is 1. The second-order valence-corrected chi connectivity index (χ2v) is 9.25. The van der Waals surface area contributed by atoms with E-state index in [0.29, 0.717) is 15.9 Å². The molecule has 2 aromatic heterocycles. The van der Waals surface area contributed by atoms with Crippen molar-refractivity contribution in [3.05, 3.63) is 81.2 Å². The third kappa shape index (κ3) is 5.07. The van der Waals surface area contributed by atoms with Gasteiger partial charge in [0.15, 0.2) is 11.5 Å². The minimum Gasteiger partial charge on any atom is -0.350 e. The number of halogens is 5. The van der Waals surface area contributed by atoms with E-state index in [4.69, 9.17) is 11.6 Å². The van der Waals surface area contributed by atoms with Gasteiger partial charge in [0.25, 0.3) is 11.8 Å². The van der Waals surface area contributed by atoms with Crippen LogP contribution in [0.2, 0.25) is 5.02 Å². The van der Waals surface area contributed by atoms with Crippen LogP contribution in [-0.4, -0.2) is 32.6 Å². The predicted molar refractivity (Wildman–Crippen MR) is 134 cm³/mol. The van der Waals surface area contributed by atoms with Gasteiger partial charge in [0.2, 0.25) is 0 Å². The van der Waals surface area contributed by atoms with Gasteiger partial charge in [-0.1, -0.05) is 35.9 Å². The van der Waals surface area contributed by atoms with Crippen LogP contribution in [0.4, 0.5) is 18.9 Å². The summed E-state index contributed by atoms with van der Waals surface area (Å²) in [6.07, 6.45) is -3.51. The summed E-state index contributed by atoms with van der Waals surface area (Å²) < 4.78 is 41.6. The summed E-state index contributed by atoms with van der Waals surface area (Å²) in [5.41, 5.74) is -1.56. The summed E-state index contributed by atoms with van der Waals surface area (Å²) in [7, 11) is 0. The standard InChI is InChI=1S/C24H18BrClF3N5O2/c1-12(2)31-22(35)15-10-13-6-3-4-7-14(13)19(25)20(15)32-23(36)17-11-18(24(27,28)29)33-34(17)21-16(26)8-5-9-30-21/h3-12H,1-2H3,(H,31,35)(H,32,36). The van der Waals surface area contributed by atoms with Crippen molar-refractivity contribution < 1.29 is 22.8 Å². The summed E-state index contributed by atoms with van der Waals surface area (Å²) in [5.74, 6) is -1.58. The minimum atomic E-state index is -4.83. The van der Waals surface area contributed by atoms with E-state index in [1.54, 1.807) is 44.2 Å². The van der Waals surface area contributed by atoms with E-state index in [1.807, 2.05) is 0 Å². The lowest BCUT2D eigenvalue weighted by atomic mass is 10.0. The number of pyridine rings is 1. The van der Waals surface area contributed by atoms with Crippen LogP contribution in [0.3, 0.4) is 0 Å². The molecule has 186 valence electrons. The van der Waals surface area contributed by atoms with Gasteiger partial charge in [0.1, 0.15) is 5.69 Å². The molecule has 2 N–H and O–H groups in total. The zero-order chi connectivity index (χ0) is 26.2. The Labute approximate surface area is 216 Å². The van der Waals surface area contributed by atoms with E-state index in [2.05, 4.69) is 36.6 Å². The highest BCUT2D eigenvalue weighted by atomic mass is 79.9. The molecule has 0 radical (unpaired) electrons. The Morgan fingerprint density at radius 1 is 1.08 bits per heavy atom. The van der Waals surface area contributed by atoms with E-state index in [9.17, 15) is 22.8 Å². The van der Waals surface area contributed by atoms with Gasteiger partial charge in [-0.05, 0) is 58.7 Å². The molecular formula is C24H18BrClF3N5O2. The lowest BCUT2D eigenvalue weighted by Gasteiger charge is -2.17. The Morgan fingerprint density at radius 2 is 1.81 bits per heavy atom. The van der Waals surface area contributed by atoms with E-state index >= 15 is 0 Å². The van der Waals surface area contributed by atoms with Gasteiger partial charge in [-0.15, -0.1) is 0 Å². The number of amides is 2. The number of alkyl halides is 3. The van der Waals surface area contributed by atoms with Gasteiger partial charge in [0, 0.05) is 22.8 Å². The van der Waals surface area contributed by atoms with E-state index < -0.39 is 29.4 Å². The number of nitrogens with one attached hydrogen (secondary N) is 2. The highest BCUT2D eigenvalue weighted by Gasteiger charge is 2.37. The van der Waals surface area contributed by atoms with E-state index in [-0.39, 0.29) is 28.1 Å². The number of hydrogen-bond acceptors (Lipinski definition) is 4. The van der Waals surface area contributed by atoms with Crippen molar-refractivity contribution in [3.63, 3.8) is 0 Å². The molecule has 36 heavy (non-hydrogen) atoms. The van der Waals surface area contributed by atoms with Crippen LogP contribution < -0.4 is 10.6 Å². The van der Waals surface area contributed by atoms with Gasteiger partial charge in [0.05, 0.1) is 16.3 Å². The molecule has 2 aromatic carbocycles. The average molecular weight is 581 g/mol. The van der Waals surface area contributed by atoms with Crippen molar-refractivity contribution in [2.24, 2.45) is 0 Å². The Morgan fingerprint density at radius 3 is 2.47 bits per heavy atom. The third-order valence-corrected chi connectivity index (χ3v) is 6.18. The summed E-state index contributed by atoms with van der Waals surface area (Å²) in [6, 6.07) is 12.1. The highest BCUT2D eigenvalue weighted by molar-refractivity contribution is 9.10. The topological polar surface area (TPSA) is 88.9 Å². The van der Waals surface area contributed by atoms with Crippen LogP contribution in [-0.2, 0) is 6.18 Å². The number of benzene rings is 2. The van der Waals surface area contributed by atoms with Crippen molar-refractivity contribution >= 4 is 55.8 Å². The molecule has 0 aliphatic rings. The van der Waals surface area contributed by atoms with Crippen LogP contribution in [0, 0.1) is 0 Å². The van der Waals surface area contributed by atoms with Crippen molar-refractivity contribution in [1.29, 1.82) is 0 Å². The Hall–Kier alpha value is -3.44. The largest absolute Gasteiger partial charge is 0.435 e. The number of rotatable bonds is 5. The molecule has 0 atom stereocenters. The summed E-state index contributed by atoms with van der Waals surface area (Å²) in [6.45, 7) is 3.56. The number of fused-ring (bicyclic) bond motifs is 1. The highest BCUT2D eigenvalue weighted by Crippen LogP contribution is 2.36. The maximum Gasteiger partial charge on any atom is 0.435 e. The molecule has 0 saturated heterocycles. The Kier molecular flexibility index (Phi) is 7.05. The first-order chi connectivity index (χ1) is 17.0. The van der Waals surface area contributed by atoms with Crippen LogP contribution in [0.25, 0.3) is 16.6 Å². The minimum absolute atomic E-state index is 0.00717. The maximum atomic E-state index is 13.5. The molecule has 4 aromatic rings. The van der Waals surface area contributed by atoms with Crippen molar-refractivity contribution in [3.8, 4) is 5.82 Å². The normalized spacial score (nSPS) is 11.7. The summed E-state index contributed by atoms with van der Waals surface area (Å²) in [4.78, 5) is 30.3. The second-order valence-electron chi connectivity index (χ2n) is 8.05. The maximum absolute atomic E-state index is 13.5. The quantitative estimate of drug-likeness (QED) is 0.292. The molecular weight excluding hydrogens is 563 g/mol. The molecule has 0 fully saturated rings. The molecule has 0 aliphatic heterocycles. The van der Waals surface area contributed by atoms with Crippen LogP contribution in [0.15, 0.2) is 59.2 Å². The molecule has 0 spiro atoms. The first-order valence-electron chi connectivity index (χ1n) is 10.6. The van der Waals surface area contributed by atoms with E-state index in [0.717, 1.165) is 10.1 Å². The van der Waals surface area contributed by atoms with Crippen molar-refractivity contribution in [2.45, 2.75) is 26.1 Å². The lowest BCUT2D eigenvalue weighted by molar-refractivity contribution is -0.141. The molecule has 0 saturated carbocycles. The monoisotopic (exact) mass is 579 g/mol. The number of aromatic nitrogens is 3. The molecule has 2 heterocycles. The van der Waals surface area contributed by atoms with Crippen molar-refractivity contribution in [2.75, 3.05) is 5.32 Å². The van der Waals surface area contributed by atoms with Crippen LogP contribution >= 0.6 is 27.5 Å². The Bertz CT molecular complexity index is 1490. The first-order valence-corrected chi connectivity index (χ1v) is 11.8. The fourth-order valence-corrected chi connectivity index (χ4v) is 4.37. The molecule has 0 unspecified atom stereocenters. The molecule has 12 heteroatoms. The van der Waals surface area contributed by atoms with Gasteiger partial charge >= 0.3 is 6.18 Å². The van der Waals surface area contributed by atoms with Crippen LogP contribution in [0.5, 0.6) is 0 Å². The Balaban J connectivity index is 1.86. The number of hydrogen-bond donors (Lipinski definition) is 2. The first kappa shape index (κ1) is 25.6. The zero-order valence-electron chi connectivity index (χ0n) is 18.8. The third-order valence-electron chi connectivity index (χ3n) is 5.06.